The highest BCUT2D eigenvalue weighted by Crippen LogP contribution is 2.30. The number of ether oxygens (including phenoxy) is 1. The Morgan fingerprint density at radius 2 is 2.38 bits per heavy atom. The quantitative estimate of drug-likeness (QED) is 0.456. The Morgan fingerprint density at radius 3 is 2.62 bits per heavy atom. The minimum atomic E-state index is -0.000000000000000222. The zero-order valence-corrected chi connectivity index (χ0v) is 4.59. The van der Waals surface area contributed by atoms with Gasteiger partial charge in [0.2, 0.25) is 0 Å². The molecule has 0 amide bonds. The van der Waals surface area contributed by atoms with Gasteiger partial charge in [0.1, 0.15) is 6.10 Å². The Hall–Kier alpha value is -0.370. The van der Waals surface area contributed by atoms with E-state index in [1.54, 1.807) is 0 Å². The average molecular weight is 112 g/mol. The van der Waals surface area contributed by atoms with E-state index in [1.165, 1.54) is 0 Å². The van der Waals surface area contributed by atoms with Crippen LogP contribution in [0.15, 0.2) is 0 Å². The second-order valence-electron chi connectivity index (χ2n) is 2.49. The van der Waals surface area contributed by atoms with E-state index in [9.17, 15) is 4.79 Å². The SMILES string of the molecule is O=C1C[C@H]2CC[C@@H]1O2. The molecule has 2 rings (SSSR count). The lowest BCUT2D eigenvalue weighted by Crippen LogP contribution is -2.14. The van der Waals surface area contributed by atoms with Crippen LogP contribution in [0.25, 0.3) is 0 Å². The van der Waals surface area contributed by atoms with Crippen LogP contribution in [0, 0.1) is 0 Å². The lowest BCUT2D eigenvalue weighted by atomic mass is 10.00. The Kier molecular flexibility index (Phi) is 0.742. The van der Waals surface area contributed by atoms with Crippen molar-refractivity contribution >= 4 is 5.78 Å². The number of fused-ring (bicyclic) bond motifs is 2. The van der Waals surface area contributed by atoms with Gasteiger partial charge in [0.25, 0.3) is 0 Å². The molecule has 8 heavy (non-hydrogen) atoms. The normalized spacial score (nSPS) is 43.8. The van der Waals surface area contributed by atoms with Crippen molar-refractivity contribution in [3.05, 3.63) is 0 Å². The van der Waals surface area contributed by atoms with Crippen LogP contribution >= 0.6 is 0 Å². The van der Waals surface area contributed by atoms with Crippen LogP contribution in [0.1, 0.15) is 19.3 Å². The number of carbonyl (C=O) groups is 1. The number of Topliss-reactive ketones (excluding diaryl/α,β-unsaturated/α-hetero) is 1. The summed E-state index contributed by atoms with van der Waals surface area (Å²) in [5.41, 5.74) is 0. The van der Waals surface area contributed by atoms with Crippen molar-refractivity contribution in [2.45, 2.75) is 31.5 Å². The Balaban J connectivity index is 2.22. The Bertz CT molecular complexity index is 130. The molecule has 0 aliphatic carbocycles. The molecule has 0 N–H and O–H groups in total. The first-order valence-corrected chi connectivity index (χ1v) is 3.04. The van der Waals surface area contributed by atoms with E-state index in [0.29, 0.717) is 18.3 Å². The number of hydrogen-bond donors (Lipinski definition) is 0. The van der Waals surface area contributed by atoms with Gasteiger partial charge < -0.3 is 4.74 Å². The van der Waals surface area contributed by atoms with Crippen molar-refractivity contribution in [3.8, 4) is 0 Å². The van der Waals surface area contributed by atoms with Gasteiger partial charge in [0, 0.05) is 6.42 Å². The molecule has 0 aromatic heterocycles. The van der Waals surface area contributed by atoms with Crippen LogP contribution in [0.4, 0.5) is 0 Å². The molecular weight excluding hydrogens is 104 g/mol. The van der Waals surface area contributed by atoms with Crippen LogP contribution in [0.2, 0.25) is 0 Å². The fourth-order valence-corrected chi connectivity index (χ4v) is 1.45. The van der Waals surface area contributed by atoms with Gasteiger partial charge in [-0.1, -0.05) is 0 Å². The van der Waals surface area contributed by atoms with Crippen molar-refractivity contribution in [1.82, 2.24) is 0 Å². The molecule has 2 fully saturated rings. The van der Waals surface area contributed by atoms with Crippen LogP contribution in [-0.4, -0.2) is 18.0 Å². The number of rotatable bonds is 0. The van der Waals surface area contributed by atoms with Crippen LogP contribution < -0.4 is 0 Å². The molecule has 2 saturated heterocycles. The second-order valence-corrected chi connectivity index (χ2v) is 2.49. The third kappa shape index (κ3) is 0.436. The van der Waals surface area contributed by atoms with E-state index < -0.39 is 0 Å². The van der Waals surface area contributed by atoms with Crippen molar-refractivity contribution in [2.24, 2.45) is 0 Å². The van der Waals surface area contributed by atoms with E-state index in [4.69, 9.17) is 4.74 Å². The first-order valence-electron chi connectivity index (χ1n) is 3.04. The van der Waals surface area contributed by atoms with E-state index >= 15 is 0 Å². The van der Waals surface area contributed by atoms with Crippen molar-refractivity contribution in [3.63, 3.8) is 0 Å². The lowest BCUT2D eigenvalue weighted by molar-refractivity contribution is -0.121. The molecule has 0 unspecified atom stereocenters. The smallest absolute Gasteiger partial charge is 0.164 e. The topological polar surface area (TPSA) is 26.3 Å². The van der Waals surface area contributed by atoms with E-state index in [0.717, 1.165) is 12.8 Å². The summed E-state index contributed by atoms with van der Waals surface area (Å²) in [5.74, 6) is 0.321. The maximum absolute atomic E-state index is 10.7. The van der Waals surface area contributed by atoms with E-state index in [-0.39, 0.29) is 6.10 Å². The van der Waals surface area contributed by atoms with Gasteiger partial charge in [0.15, 0.2) is 5.78 Å². The highest BCUT2D eigenvalue weighted by Gasteiger charge is 2.39. The molecule has 2 aliphatic rings. The highest BCUT2D eigenvalue weighted by atomic mass is 16.5. The minimum Gasteiger partial charge on any atom is -0.367 e. The Labute approximate surface area is 47.8 Å². The van der Waals surface area contributed by atoms with Gasteiger partial charge in [-0.15, -0.1) is 0 Å². The predicted molar refractivity (Wildman–Crippen MR) is 27.5 cm³/mol. The zero-order valence-electron chi connectivity index (χ0n) is 4.59. The fraction of sp³-hybridized carbons (Fsp3) is 0.833. The van der Waals surface area contributed by atoms with Gasteiger partial charge in [-0.25, -0.2) is 0 Å². The van der Waals surface area contributed by atoms with E-state index in [2.05, 4.69) is 0 Å². The highest BCUT2D eigenvalue weighted by molar-refractivity contribution is 5.86. The summed E-state index contributed by atoms with van der Waals surface area (Å²) in [6, 6.07) is 0. The molecule has 2 nitrogen and oxygen atoms in total. The number of hydrogen-bond acceptors (Lipinski definition) is 2. The molecule has 0 saturated carbocycles. The van der Waals surface area contributed by atoms with E-state index in [1.807, 2.05) is 0 Å². The fourth-order valence-electron chi connectivity index (χ4n) is 1.45. The summed E-state index contributed by atoms with van der Waals surface area (Å²) in [7, 11) is 0. The summed E-state index contributed by atoms with van der Waals surface area (Å²) in [4.78, 5) is 10.7. The summed E-state index contributed by atoms with van der Waals surface area (Å²) < 4.78 is 5.23. The maximum atomic E-state index is 10.7. The molecule has 2 atom stereocenters. The summed E-state index contributed by atoms with van der Waals surface area (Å²) in [5, 5.41) is 0. The summed E-state index contributed by atoms with van der Waals surface area (Å²) in [6.07, 6.45) is 3.07. The first-order chi connectivity index (χ1) is 3.86. The van der Waals surface area contributed by atoms with Crippen LogP contribution in [0.5, 0.6) is 0 Å². The summed E-state index contributed by atoms with van der Waals surface area (Å²) in [6.45, 7) is 0. The van der Waals surface area contributed by atoms with Crippen molar-refractivity contribution < 1.29 is 9.53 Å². The van der Waals surface area contributed by atoms with Crippen molar-refractivity contribution in [2.75, 3.05) is 0 Å². The second kappa shape index (κ2) is 1.32. The van der Waals surface area contributed by atoms with Crippen LogP contribution in [0.3, 0.4) is 0 Å². The third-order valence-electron chi connectivity index (χ3n) is 1.90. The molecule has 2 heteroatoms. The molecule has 0 aromatic carbocycles. The first kappa shape index (κ1) is 4.50. The Morgan fingerprint density at radius 1 is 1.50 bits per heavy atom. The molecule has 0 aromatic rings. The largest absolute Gasteiger partial charge is 0.367 e. The molecule has 44 valence electrons. The van der Waals surface area contributed by atoms with Gasteiger partial charge in [-0.05, 0) is 12.8 Å². The van der Waals surface area contributed by atoms with Gasteiger partial charge in [0.05, 0.1) is 6.10 Å². The van der Waals surface area contributed by atoms with Gasteiger partial charge in [-0.3, -0.25) is 4.79 Å². The third-order valence-corrected chi connectivity index (χ3v) is 1.90. The average Bonchev–Trinajstić information content (AvgIpc) is 2.23. The standard InChI is InChI=1S/C6H8O2/c7-5-3-4-1-2-6(5)8-4/h4,6H,1-3H2/t4-,6+/m1/s1. The molecule has 2 aliphatic heterocycles. The number of carbonyl (C=O) groups excluding carboxylic acids is 1. The predicted octanol–water partition coefficient (Wildman–Crippen LogP) is 0.507. The monoisotopic (exact) mass is 112 g/mol. The lowest BCUT2D eigenvalue weighted by Gasteiger charge is -1.99. The zero-order chi connectivity index (χ0) is 5.56. The van der Waals surface area contributed by atoms with Gasteiger partial charge >= 0.3 is 0 Å². The minimum absolute atomic E-state index is 0.000000000000000222. The summed E-state index contributed by atoms with van der Waals surface area (Å²) >= 11 is 0. The molecular formula is C6H8O2. The number of ketones is 1. The van der Waals surface area contributed by atoms with Crippen LogP contribution in [-0.2, 0) is 9.53 Å². The molecule has 2 heterocycles. The molecule has 0 radical (unpaired) electrons. The van der Waals surface area contributed by atoms with Gasteiger partial charge in [-0.2, -0.15) is 0 Å². The maximum Gasteiger partial charge on any atom is 0.164 e. The molecule has 0 spiro atoms. The van der Waals surface area contributed by atoms with Crippen molar-refractivity contribution in [1.29, 1.82) is 0 Å². The molecule has 2 bridgehead atoms.